The quantitative estimate of drug-likeness (QED) is 0.734. The molecular weight excluding hydrogens is 340 g/mol. The molecule has 0 saturated carbocycles. The third-order valence-corrected chi connectivity index (χ3v) is 3.91. The van der Waals surface area contributed by atoms with E-state index in [-0.39, 0.29) is 5.78 Å². The zero-order valence-corrected chi connectivity index (χ0v) is 11.6. The fourth-order valence-corrected chi connectivity index (χ4v) is 2.68. The predicted molar refractivity (Wildman–Crippen MR) is 65.4 cm³/mol. The fourth-order valence-electron chi connectivity index (χ4n) is 1.66. The number of ketones is 1. The molecule has 1 aliphatic heterocycles. The van der Waals surface area contributed by atoms with E-state index in [0.717, 1.165) is 10.0 Å². The number of halogens is 2. The Morgan fingerprint density at radius 1 is 1.38 bits per heavy atom. The third-order valence-electron chi connectivity index (χ3n) is 2.50. The van der Waals surface area contributed by atoms with Crippen molar-refractivity contribution in [2.24, 2.45) is 0 Å². The lowest BCUT2D eigenvalue weighted by molar-refractivity contribution is -0.125. The highest BCUT2D eigenvalue weighted by molar-refractivity contribution is 9.11. The second kappa shape index (κ2) is 4.30. The number of ether oxygens (including phenoxy) is 1. The topological polar surface area (TPSA) is 43.4 Å². The summed E-state index contributed by atoms with van der Waals surface area (Å²) in [6.45, 7) is 1.43. The van der Waals surface area contributed by atoms with Gasteiger partial charge in [0.2, 0.25) is 0 Å². The van der Waals surface area contributed by atoms with Crippen molar-refractivity contribution in [3.63, 3.8) is 0 Å². The van der Waals surface area contributed by atoms with Gasteiger partial charge in [0.25, 0.3) is 0 Å². The average Bonchev–Trinajstić information content (AvgIpc) is 2.22. The number of hydrogen-bond donors (Lipinski definition) is 0. The third kappa shape index (κ3) is 1.94. The van der Waals surface area contributed by atoms with E-state index in [0.29, 0.717) is 16.5 Å². The number of fused-ring (bicyclic) bond motifs is 1. The van der Waals surface area contributed by atoms with Crippen LogP contribution in [0.3, 0.4) is 0 Å². The summed E-state index contributed by atoms with van der Waals surface area (Å²) in [5.41, 5.74) is 1.33. The Hall–Kier alpha value is -0.680. The summed E-state index contributed by atoms with van der Waals surface area (Å²) in [4.78, 5) is 23.0. The second-order valence-electron chi connectivity index (χ2n) is 3.59. The van der Waals surface area contributed by atoms with Crippen molar-refractivity contribution in [2.75, 3.05) is 0 Å². The highest BCUT2D eigenvalue weighted by atomic mass is 79.9. The molecule has 0 N–H and O–H groups in total. The number of cyclic esters (lactones) is 1. The van der Waals surface area contributed by atoms with Crippen molar-refractivity contribution in [3.8, 4) is 0 Å². The number of hydrogen-bond acceptors (Lipinski definition) is 3. The van der Waals surface area contributed by atoms with Gasteiger partial charge in [0.15, 0.2) is 11.9 Å². The Balaban J connectivity index is 2.54. The molecule has 0 radical (unpaired) electrons. The van der Waals surface area contributed by atoms with E-state index < -0.39 is 12.1 Å². The Bertz CT molecular complexity index is 482. The van der Waals surface area contributed by atoms with Crippen LogP contribution in [-0.4, -0.2) is 17.9 Å². The van der Waals surface area contributed by atoms with E-state index in [2.05, 4.69) is 31.9 Å². The zero-order chi connectivity index (χ0) is 11.9. The minimum atomic E-state index is -0.661. The smallest absolute Gasteiger partial charge is 0.340 e. The van der Waals surface area contributed by atoms with Crippen molar-refractivity contribution >= 4 is 43.6 Å². The van der Waals surface area contributed by atoms with Gasteiger partial charge in [0, 0.05) is 15.4 Å². The molecule has 0 amide bonds. The molecule has 1 aliphatic rings. The van der Waals surface area contributed by atoms with Gasteiger partial charge in [0.1, 0.15) is 0 Å². The number of Topliss-reactive ketones (excluding diaryl/α,β-unsaturated/α-hetero) is 1. The zero-order valence-electron chi connectivity index (χ0n) is 8.42. The first-order valence-corrected chi connectivity index (χ1v) is 6.27. The highest BCUT2D eigenvalue weighted by Gasteiger charge is 2.32. The number of benzene rings is 1. The SMILES string of the molecule is CC(=O)C1Cc2c(Br)ccc(Br)c2C(=O)O1. The van der Waals surface area contributed by atoms with Gasteiger partial charge in [-0.1, -0.05) is 15.9 Å². The molecule has 0 fully saturated rings. The van der Waals surface area contributed by atoms with Crippen LogP contribution in [0, 0.1) is 0 Å². The second-order valence-corrected chi connectivity index (χ2v) is 5.30. The van der Waals surface area contributed by atoms with Crippen LogP contribution < -0.4 is 0 Å². The van der Waals surface area contributed by atoms with Crippen molar-refractivity contribution in [3.05, 3.63) is 32.2 Å². The molecule has 5 heteroatoms. The summed E-state index contributed by atoms with van der Waals surface area (Å²) in [6, 6.07) is 3.62. The molecular formula is C11H8Br2O3. The predicted octanol–water partition coefficient (Wildman–Crippen LogP) is 2.88. The van der Waals surface area contributed by atoms with Gasteiger partial charge in [-0.15, -0.1) is 0 Å². The fraction of sp³-hybridized carbons (Fsp3) is 0.273. The van der Waals surface area contributed by atoms with Crippen LogP contribution in [0.2, 0.25) is 0 Å². The monoisotopic (exact) mass is 346 g/mol. The molecule has 0 aromatic heterocycles. The molecule has 1 unspecified atom stereocenters. The maximum Gasteiger partial charge on any atom is 0.340 e. The highest BCUT2D eigenvalue weighted by Crippen LogP contribution is 2.33. The van der Waals surface area contributed by atoms with E-state index in [1.165, 1.54) is 6.92 Å². The lowest BCUT2D eigenvalue weighted by Gasteiger charge is -2.24. The molecule has 0 aliphatic carbocycles. The van der Waals surface area contributed by atoms with Crippen molar-refractivity contribution in [2.45, 2.75) is 19.4 Å². The molecule has 2 rings (SSSR count). The first kappa shape index (κ1) is 11.8. The largest absolute Gasteiger partial charge is 0.450 e. The van der Waals surface area contributed by atoms with E-state index >= 15 is 0 Å². The van der Waals surface area contributed by atoms with Gasteiger partial charge in [0.05, 0.1) is 5.56 Å². The van der Waals surface area contributed by atoms with Crippen LogP contribution in [0.15, 0.2) is 21.1 Å². The van der Waals surface area contributed by atoms with Crippen molar-refractivity contribution in [1.29, 1.82) is 0 Å². The molecule has 16 heavy (non-hydrogen) atoms. The average molecular weight is 348 g/mol. The molecule has 1 atom stereocenters. The van der Waals surface area contributed by atoms with Gasteiger partial charge in [-0.2, -0.15) is 0 Å². The number of carbonyl (C=O) groups is 2. The first-order chi connectivity index (χ1) is 7.50. The van der Waals surface area contributed by atoms with Crippen molar-refractivity contribution < 1.29 is 14.3 Å². The molecule has 0 saturated heterocycles. The number of carbonyl (C=O) groups excluding carboxylic acids is 2. The normalized spacial score (nSPS) is 18.9. The Kier molecular flexibility index (Phi) is 3.17. The molecule has 0 bridgehead atoms. The summed E-state index contributed by atoms with van der Waals surface area (Å²) in [6.07, 6.45) is -0.234. The maximum absolute atomic E-state index is 11.7. The summed E-state index contributed by atoms with van der Waals surface area (Å²) in [5, 5.41) is 0. The number of esters is 1. The lowest BCUT2D eigenvalue weighted by atomic mass is 9.97. The first-order valence-electron chi connectivity index (χ1n) is 4.69. The van der Waals surface area contributed by atoms with Crippen LogP contribution >= 0.6 is 31.9 Å². The Morgan fingerprint density at radius 3 is 2.62 bits per heavy atom. The van der Waals surface area contributed by atoms with Crippen LogP contribution in [-0.2, 0) is 16.0 Å². The summed E-state index contributed by atoms with van der Waals surface area (Å²) in [7, 11) is 0. The standard InChI is InChI=1S/C11H8Br2O3/c1-5(14)9-4-6-7(12)2-3-8(13)10(6)11(15)16-9/h2-3,9H,4H2,1H3. The van der Waals surface area contributed by atoms with Crippen LogP contribution in [0.1, 0.15) is 22.8 Å². The Labute approximate surface area is 109 Å². The van der Waals surface area contributed by atoms with Crippen molar-refractivity contribution in [1.82, 2.24) is 0 Å². The molecule has 3 nitrogen and oxygen atoms in total. The summed E-state index contributed by atoms with van der Waals surface area (Å²) in [5.74, 6) is -0.583. The summed E-state index contributed by atoms with van der Waals surface area (Å²) >= 11 is 6.69. The molecule has 1 aromatic carbocycles. The van der Waals surface area contributed by atoms with Gasteiger partial charge < -0.3 is 4.74 Å². The van der Waals surface area contributed by atoms with E-state index in [4.69, 9.17) is 4.74 Å². The van der Waals surface area contributed by atoms with E-state index in [1.54, 1.807) is 6.07 Å². The van der Waals surface area contributed by atoms with Gasteiger partial charge in [-0.3, -0.25) is 4.79 Å². The Morgan fingerprint density at radius 2 is 2.00 bits per heavy atom. The van der Waals surface area contributed by atoms with Crippen LogP contribution in [0.5, 0.6) is 0 Å². The van der Waals surface area contributed by atoms with Crippen LogP contribution in [0.4, 0.5) is 0 Å². The molecule has 84 valence electrons. The molecule has 1 aromatic rings. The van der Waals surface area contributed by atoms with E-state index in [1.807, 2.05) is 6.07 Å². The van der Waals surface area contributed by atoms with Crippen LogP contribution in [0.25, 0.3) is 0 Å². The molecule has 1 heterocycles. The van der Waals surface area contributed by atoms with Gasteiger partial charge >= 0.3 is 5.97 Å². The van der Waals surface area contributed by atoms with Gasteiger partial charge in [-0.25, -0.2) is 4.79 Å². The van der Waals surface area contributed by atoms with E-state index in [9.17, 15) is 9.59 Å². The minimum Gasteiger partial charge on any atom is -0.450 e. The lowest BCUT2D eigenvalue weighted by Crippen LogP contribution is -2.33. The number of rotatable bonds is 1. The molecule has 0 spiro atoms. The maximum atomic E-state index is 11.7. The van der Waals surface area contributed by atoms with Gasteiger partial charge in [-0.05, 0) is 40.5 Å². The minimum absolute atomic E-state index is 0.133. The summed E-state index contributed by atoms with van der Waals surface area (Å²) < 4.78 is 6.59.